The Balaban J connectivity index is 3.46. The number of aliphatic imine (C=N–C) groups is 1. The number of hydrogen-bond donors (Lipinski definition) is 1. The van der Waals surface area contributed by atoms with Crippen LogP contribution in [0.15, 0.2) is 29.3 Å². The largest absolute Gasteiger partial charge is 0.251 e. The molecule has 0 unspecified atom stereocenters. The van der Waals surface area contributed by atoms with Crippen molar-refractivity contribution in [3.05, 3.63) is 24.3 Å². The van der Waals surface area contributed by atoms with Crippen LogP contribution in [0.25, 0.3) is 0 Å². The molecule has 0 N–H and O–H groups in total. The van der Waals surface area contributed by atoms with Crippen LogP contribution in [0.5, 0.6) is 0 Å². The van der Waals surface area contributed by atoms with Gasteiger partial charge in [0.25, 0.3) is 0 Å². The van der Waals surface area contributed by atoms with Gasteiger partial charge in [-0.1, -0.05) is 19.2 Å². The minimum Gasteiger partial charge on any atom is -0.251 e. The third-order valence-electron chi connectivity index (χ3n) is 0.329. The molecule has 2 heteroatoms. The van der Waals surface area contributed by atoms with Crippen molar-refractivity contribution in [2.24, 2.45) is 4.99 Å². The van der Waals surface area contributed by atoms with Gasteiger partial charge >= 0.3 is 0 Å². The van der Waals surface area contributed by atoms with E-state index in [0.717, 1.165) is 0 Å². The smallest absolute Gasteiger partial charge is 0.0857 e. The lowest BCUT2D eigenvalue weighted by atomic mass is 10.7. The quantitative estimate of drug-likeness (QED) is 0.413. The lowest BCUT2D eigenvalue weighted by molar-refractivity contribution is 1.59. The van der Waals surface area contributed by atoms with E-state index in [1.165, 1.54) is 6.21 Å². The molecule has 0 bridgehead atoms. The zero-order chi connectivity index (χ0) is 5.70. The van der Waals surface area contributed by atoms with Gasteiger partial charge in [0.05, 0.1) is 5.03 Å². The van der Waals surface area contributed by atoms with Gasteiger partial charge in [0, 0.05) is 6.21 Å². The number of rotatable bonds is 2. The first kappa shape index (κ1) is 6.50. The summed E-state index contributed by atoms with van der Waals surface area (Å²) in [7, 11) is 0. The van der Waals surface area contributed by atoms with Crippen molar-refractivity contribution in [1.29, 1.82) is 0 Å². The van der Waals surface area contributed by atoms with E-state index in [0.29, 0.717) is 5.03 Å². The third kappa shape index (κ3) is 5.50. The molecule has 0 saturated carbocycles. The molecule has 0 saturated heterocycles. The van der Waals surface area contributed by atoms with Crippen LogP contribution >= 0.6 is 12.6 Å². The summed E-state index contributed by atoms with van der Waals surface area (Å²) in [5.74, 6) is 0. The van der Waals surface area contributed by atoms with Crippen LogP contribution in [-0.4, -0.2) is 6.21 Å². The molecule has 0 heterocycles. The summed E-state index contributed by atoms with van der Waals surface area (Å²) >= 11 is 3.79. The molecule has 0 spiro atoms. The van der Waals surface area contributed by atoms with E-state index in [2.05, 4.69) is 30.8 Å². The molecule has 0 amide bonds. The minimum absolute atomic E-state index is 0.500. The fraction of sp³-hybridized carbons (Fsp3) is 0. The zero-order valence-electron chi connectivity index (χ0n) is 3.96. The van der Waals surface area contributed by atoms with Crippen LogP contribution in [0.4, 0.5) is 0 Å². The first-order chi connectivity index (χ1) is 3.27. The molecule has 38 valence electrons. The molecule has 0 fully saturated rings. The van der Waals surface area contributed by atoms with Gasteiger partial charge in [-0.25, -0.2) is 0 Å². The Labute approximate surface area is 48.9 Å². The second kappa shape index (κ2) is 3.68. The van der Waals surface area contributed by atoms with E-state index < -0.39 is 0 Å². The van der Waals surface area contributed by atoms with Gasteiger partial charge < -0.3 is 0 Å². The Morgan fingerprint density at radius 3 is 2.43 bits per heavy atom. The Morgan fingerprint density at radius 2 is 2.29 bits per heavy atom. The molecule has 0 aromatic rings. The molecule has 0 aromatic heterocycles. The topological polar surface area (TPSA) is 12.4 Å². The standard InChI is InChI=1S/C5H7NS/c1-3-4-6-5(2)7/h3-4,7H,1-2H2. The summed E-state index contributed by atoms with van der Waals surface area (Å²) in [6.45, 7) is 6.82. The predicted molar refractivity (Wildman–Crippen MR) is 36.8 cm³/mol. The van der Waals surface area contributed by atoms with Crippen molar-refractivity contribution in [2.75, 3.05) is 0 Å². The van der Waals surface area contributed by atoms with Crippen LogP contribution < -0.4 is 0 Å². The second-order valence-corrected chi connectivity index (χ2v) is 1.45. The summed E-state index contributed by atoms with van der Waals surface area (Å²) < 4.78 is 0. The normalized spacial score (nSPS) is 9.29. The van der Waals surface area contributed by atoms with Gasteiger partial charge in [-0.05, 0) is 0 Å². The number of allylic oxidation sites excluding steroid dienone is 1. The second-order valence-electron chi connectivity index (χ2n) is 0.930. The molecule has 0 aromatic carbocycles. The molecular weight excluding hydrogens is 106 g/mol. The van der Waals surface area contributed by atoms with Gasteiger partial charge in [-0.15, -0.1) is 12.6 Å². The Kier molecular flexibility index (Phi) is 3.42. The molecule has 0 aliphatic rings. The van der Waals surface area contributed by atoms with Crippen LogP contribution in [0.2, 0.25) is 0 Å². The maximum absolute atomic E-state index is 3.79. The summed E-state index contributed by atoms with van der Waals surface area (Å²) in [6.07, 6.45) is 3.11. The molecule has 0 rings (SSSR count). The van der Waals surface area contributed by atoms with Crippen molar-refractivity contribution >= 4 is 18.8 Å². The summed E-state index contributed by atoms with van der Waals surface area (Å²) in [5.41, 5.74) is 0. The van der Waals surface area contributed by atoms with E-state index in [4.69, 9.17) is 0 Å². The van der Waals surface area contributed by atoms with Gasteiger partial charge in [0.1, 0.15) is 0 Å². The highest BCUT2D eigenvalue weighted by atomic mass is 32.1. The maximum Gasteiger partial charge on any atom is 0.0857 e. The predicted octanol–water partition coefficient (Wildman–Crippen LogP) is 1.64. The minimum atomic E-state index is 0.500. The highest BCUT2D eigenvalue weighted by Gasteiger charge is 1.66. The van der Waals surface area contributed by atoms with Gasteiger partial charge in [0.15, 0.2) is 0 Å². The molecule has 0 radical (unpaired) electrons. The van der Waals surface area contributed by atoms with Crippen molar-refractivity contribution in [3.63, 3.8) is 0 Å². The van der Waals surface area contributed by atoms with E-state index in [-0.39, 0.29) is 0 Å². The average Bonchev–Trinajstić information content (AvgIpc) is 1.61. The first-order valence-corrected chi connectivity index (χ1v) is 2.25. The Morgan fingerprint density at radius 1 is 1.71 bits per heavy atom. The fourth-order valence-electron chi connectivity index (χ4n) is 0.139. The molecule has 0 aliphatic heterocycles. The summed E-state index contributed by atoms with van der Waals surface area (Å²) in [4.78, 5) is 3.67. The number of hydrogen-bond acceptors (Lipinski definition) is 2. The highest BCUT2D eigenvalue weighted by molar-refractivity contribution is 7.84. The van der Waals surface area contributed by atoms with Crippen molar-refractivity contribution < 1.29 is 0 Å². The van der Waals surface area contributed by atoms with Gasteiger partial charge in [0.2, 0.25) is 0 Å². The van der Waals surface area contributed by atoms with E-state index in [1.54, 1.807) is 6.08 Å². The van der Waals surface area contributed by atoms with Crippen LogP contribution in [-0.2, 0) is 0 Å². The SMILES string of the molecule is C=CC=NC(=C)S. The van der Waals surface area contributed by atoms with Crippen molar-refractivity contribution in [1.82, 2.24) is 0 Å². The van der Waals surface area contributed by atoms with Crippen molar-refractivity contribution in [3.8, 4) is 0 Å². The Hall–Kier alpha value is -0.500. The highest BCUT2D eigenvalue weighted by Crippen LogP contribution is 1.93. The van der Waals surface area contributed by atoms with Gasteiger partial charge in [-0.2, -0.15) is 0 Å². The van der Waals surface area contributed by atoms with E-state index in [1.807, 2.05) is 0 Å². The molecule has 0 aliphatic carbocycles. The van der Waals surface area contributed by atoms with Crippen LogP contribution in [0, 0.1) is 0 Å². The first-order valence-electron chi connectivity index (χ1n) is 1.80. The maximum atomic E-state index is 3.79. The zero-order valence-corrected chi connectivity index (χ0v) is 4.86. The van der Waals surface area contributed by atoms with Gasteiger partial charge in [-0.3, -0.25) is 4.99 Å². The molecule has 0 atom stereocenters. The summed E-state index contributed by atoms with van der Waals surface area (Å²) in [6, 6.07) is 0. The number of thiol groups is 1. The fourth-order valence-corrected chi connectivity index (χ4v) is 0.205. The molecule has 7 heavy (non-hydrogen) atoms. The van der Waals surface area contributed by atoms with Crippen LogP contribution in [0.3, 0.4) is 0 Å². The third-order valence-corrected chi connectivity index (χ3v) is 0.444. The molecule has 1 nitrogen and oxygen atoms in total. The lowest BCUT2D eigenvalue weighted by Gasteiger charge is -1.76. The Bertz CT molecular complexity index is 105. The average molecular weight is 113 g/mol. The van der Waals surface area contributed by atoms with E-state index in [9.17, 15) is 0 Å². The van der Waals surface area contributed by atoms with E-state index >= 15 is 0 Å². The monoisotopic (exact) mass is 113 g/mol. The van der Waals surface area contributed by atoms with Crippen LogP contribution in [0.1, 0.15) is 0 Å². The molecular formula is C5H7NS. The van der Waals surface area contributed by atoms with Crippen molar-refractivity contribution in [2.45, 2.75) is 0 Å². The number of nitrogens with zero attached hydrogens (tertiary/aromatic N) is 1. The lowest BCUT2D eigenvalue weighted by Crippen LogP contribution is -1.59. The summed E-state index contributed by atoms with van der Waals surface area (Å²) in [5, 5.41) is 0.500.